The maximum atomic E-state index is 12.5. The molecule has 0 saturated carbocycles. The first-order chi connectivity index (χ1) is 10.5. The van der Waals surface area contributed by atoms with E-state index >= 15 is 0 Å². The van der Waals surface area contributed by atoms with Gasteiger partial charge in [0.25, 0.3) is 5.56 Å². The highest BCUT2D eigenvalue weighted by molar-refractivity contribution is 7.88. The molecule has 2 heterocycles. The van der Waals surface area contributed by atoms with Gasteiger partial charge in [-0.25, -0.2) is 4.98 Å². The maximum absolute atomic E-state index is 12.5. The molecule has 0 unspecified atom stereocenters. The Bertz CT molecular complexity index is 1000. The molecule has 2 rings (SSSR count). The lowest BCUT2D eigenvalue weighted by atomic mass is 10.2. The van der Waals surface area contributed by atoms with Crippen LogP contribution in [0.4, 0.5) is 13.2 Å². The Morgan fingerprint density at radius 2 is 1.96 bits per heavy atom. The van der Waals surface area contributed by atoms with Crippen LogP contribution < -0.4 is 9.74 Å². The minimum absolute atomic E-state index is 0.0203. The Kier molecular flexibility index (Phi) is 3.81. The summed E-state index contributed by atoms with van der Waals surface area (Å²) in [5, 5.41) is 8.82. The number of rotatable bonds is 2. The zero-order valence-electron chi connectivity index (χ0n) is 11.7. The molecule has 0 radical (unpaired) electrons. The molecule has 23 heavy (non-hydrogen) atoms. The smallest absolute Gasteiger partial charge is 0.373 e. The van der Waals surface area contributed by atoms with E-state index in [1.54, 1.807) is 6.07 Å². The molecule has 0 saturated heterocycles. The van der Waals surface area contributed by atoms with Gasteiger partial charge in [-0.2, -0.15) is 26.9 Å². The van der Waals surface area contributed by atoms with Crippen LogP contribution in [0.15, 0.2) is 16.9 Å². The van der Waals surface area contributed by atoms with Gasteiger partial charge in [0.05, 0.1) is 11.1 Å². The van der Waals surface area contributed by atoms with E-state index in [2.05, 4.69) is 9.17 Å². The molecule has 7 nitrogen and oxygen atoms in total. The van der Waals surface area contributed by atoms with Crippen molar-refractivity contribution in [1.82, 2.24) is 9.55 Å². The number of hydrogen-bond donors (Lipinski definition) is 0. The van der Waals surface area contributed by atoms with Crippen LogP contribution >= 0.6 is 0 Å². The number of alkyl halides is 3. The van der Waals surface area contributed by atoms with Crippen molar-refractivity contribution in [3.8, 4) is 11.8 Å². The molecule has 0 atom stereocenters. The van der Waals surface area contributed by atoms with Gasteiger partial charge >= 0.3 is 15.6 Å². The fraction of sp³-hybridized carbons (Fsp3) is 0.250. The first-order valence-electron chi connectivity index (χ1n) is 5.91. The Balaban J connectivity index is 2.88. The van der Waals surface area contributed by atoms with Crippen molar-refractivity contribution in [3.63, 3.8) is 0 Å². The van der Waals surface area contributed by atoms with Crippen LogP contribution in [0.25, 0.3) is 11.0 Å². The Hall–Kier alpha value is -2.61. The van der Waals surface area contributed by atoms with Gasteiger partial charge in [-0.3, -0.25) is 4.79 Å². The van der Waals surface area contributed by atoms with Crippen LogP contribution in [-0.2, 0) is 17.2 Å². The third-order valence-corrected chi connectivity index (χ3v) is 3.96. The molecule has 2 aromatic rings. The van der Waals surface area contributed by atoms with Gasteiger partial charge < -0.3 is 8.75 Å². The second-order valence-electron chi connectivity index (χ2n) is 4.48. The quantitative estimate of drug-likeness (QED) is 0.600. The van der Waals surface area contributed by atoms with Gasteiger partial charge in [0.15, 0.2) is 5.75 Å². The highest BCUT2D eigenvalue weighted by Crippen LogP contribution is 2.32. The van der Waals surface area contributed by atoms with E-state index < -0.39 is 26.9 Å². The van der Waals surface area contributed by atoms with E-state index in [0.717, 1.165) is 11.5 Å². The van der Waals surface area contributed by atoms with Gasteiger partial charge in [0, 0.05) is 7.05 Å². The molecule has 0 bridgehead atoms. The van der Waals surface area contributed by atoms with E-state index in [1.165, 1.54) is 19.2 Å². The van der Waals surface area contributed by atoms with Crippen LogP contribution in [0.2, 0.25) is 0 Å². The summed E-state index contributed by atoms with van der Waals surface area (Å²) in [5.41, 5.74) is -7.29. The van der Waals surface area contributed by atoms with Crippen molar-refractivity contribution in [3.05, 3.63) is 33.7 Å². The number of hydrogen-bond acceptors (Lipinski definition) is 6. The van der Waals surface area contributed by atoms with E-state index in [9.17, 15) is 26.4 Å². The average Bonchev–Trinajstić information content (AvgIpc) is 2.47. The zero-order valence-corrected chi connectivity index (χ0v) is 12.5. The summed E-state index contributed by atoms with van der Waals surface area (Å²) in [6.07, 6.45) is 0. The van der Waals surface area contributed by atoms with Crippen LogP contribution in [0.3, 0.4) is 0 Å². The van der Waals surface area contributed by atoms with E-state index in [0.29, 0.717) is 0 Å². The number of halogens is 3. The Morgan fingerprint density at radius 1 is 1.35 bits per heavy atom. The van der Waals surface area contributed by atoms with Crippen molar-refractivity contribution >= 4 is 21.2 Å². The second-order valence-corrected chi connectivity index (χ2v) is 6.02. The molecule has 0 aromatic carbocycles. The topological polar surface area (TPSA) is 102 Å². The van der Waals surface area contributed by atoms with Crippen molar-refractivity contribution in [2.45, 2.75) is 12.4 Å². The summed E-state index contributed by atoms with van der Waals surface area (Å²) in [5.74, 6) is -0.850. The highest BCUT2D eigenvalue weighted by atomic mass is 32.2. The summed E-state index contributed by atoms with van der Waals surface area (Å²) < 4.78 is 65.1. The normalized spacial score (nSPS) is 12.2. The average molecular weight is 347 g/mol. The number of aromatic nitrogens is 2. The molecule has 122 valence electrons. The van der Waals surface area contributed by atoms with Crippen LogP contribution in [0.1, 0.15) is 11.3 Å². The summed E-state index contributed by atoms with van der Waals surface area (Å²) >= 11 is 0. The zero-order chi connectivity index (χ0) is 17.6. The number of nitriles is 1. The molecule has 0 amide bonds. The number of pyridine rings is 2. The molecule has 0 aliphatic carbocycles. The van der Waals surface area contributed by atoms with Crippen molar-refractivity contribution in [1.29, 1.82) is 5.26 Å². The maximum Gasteiger partial charge on any atom is 0.534 e. The standard InChI is InChI=1S/C12H8F3N3O4S/c1-6-10(22-23(20,21)12(13,14)15)9-8(18(2)11(6)19)4-3-7(5-16)17-9/h3-4H,1-2H3. The van der Waals surface area contributed by atoms with Gasteiger partial charge in [0.1, 0.15) is 17.3 Å². The monoisotopic (exact) mass is 347 g/mol. The molecular weight excluding hydrogens is 339 g/mol. The molecule has 0 fully saturated rings. The summed E-state index contributed by atoms with van der Waals surface area (Å²) in [7, 11) is -4.66. The number of aryl methyl sites for hydroxylation is 1. The Morgan fingerprint density at radius 3 is 2.48 bits per heavy atom. The predicted octanol–water partition coefficient (Wildman–Crippen LogP) is 1.34. The lowest BCUT2D eigenvalue weighted by Crippen LogP contribution is -2.30. The van der Waals surface area contributed by atoms with Crippen LogP contribution in [0.5, 0.6) is 5.75 Å². The van der Waals surface area contributed by atoms with Crippen molar-refractivity contribution in [2.24, 2.45) is 7.05 Å². The molecular formula is C12H8F3N3O4S. The van der Waals surface area contributed by atoms with Gasteiger partial charge in [-0.05, 0) is 19.1 Å². The van der Waals surface area contributed by atoms with E-state index in [4.69, 9.17) is 5.26 Å². The molecule has 11 heteroatoms. The van der Waals surface area contributed by atoms with Gasteiger partial charge in [-0.1, -0.05) is 0 Å². The molecule has 2 aromatic heterocycles. The van der Waals surface area contributed by atoms with Crippen molar-refractivity contribution in [2.75, 3.05) is 0 Å². The van der Waals surface area contributed by atoms with Gasteiger partial charge in [0.2, 0.25) is 0 Å². The first kappa shape index (κ1) is 16.8. The SMILES string of the molecule is Cc1c(OS(=O)(=O)C(F)(F)F)c2nc(C#N)ccc2n(C)c1=O. The van der Waals surface area contributed by atoms with Crippen LogP contribution in [0, 0.1) is 18.3 Å². The fourth-order valence-corrected chi connectivity index (χ4v) is 2.36. The van der Waals surface area contributed by atoms with Crippen LogP contribution in [-0.4, -0.2) is 23.5 Å². The van der Waals surface area contributed by atoms with E-state index in [-0.39, 0.29) is 22.3 Å². The lowest BCUT2D eigenvalue weighted by molar-refractivity contribution is -0.0499. The van der Waals surface area contributed by atoms with Crippen molar-refractivity contribution < 1.29 is 25.8 Å². The van der Waals surface area contributed by atoms with E-state index in [1.807, 2.05) is 0 Å². The number of nitrogens with zero attached hydrogens (tertiary/aromatic N) is 3. The summed E-state index contributed by atoms with van der Waals surface area (Å²) in [6.45, 7) is 1.10. The lowest BCUT2D eigenvalue weighted by Gasteiger charge is -2.14. The fourth-order valence-electron chi connectivity index (χ4n) is 1.85. The predicted molar refractivity (Wildman–Crippen MR) is 72.0 cm³/mol. The largest absolute Gasteiger partial charge is 0.534 e. The summed E-state index contributed by atoms with van der Waals surface area (Å²) in [6, 6.07) is 4.16. The summed E-state index contributed by atoms with van der Waals surface area (Å²) in [4.78, 5) is 15.8. The molecule has 0 N–H and O–H groups in total. The minimum Gasteiger partial charge on any atom is -0.373 e. The molecule has 0 spiro atoms. The molecule has 0 aliphatic heterocycles. The highest BCUT2D eigenvalue weighted by Gasteiger charge is 2.49. The second kappa shape index (κ2) is 5.24. The third kappa shape index (κ3) is 2.72. The molecule has 0 aliphatic rings. The minimum atomic E-state index is -5.98. The van der Waals surface area contributed by atoms with Gasteiger partial charge in [-0.15, -0.1) is 0 Å². The number of fused-ring (bicyclic) bond motifs is 1. The first-order valence-corrected chi connectivity index (χ1v) is 7.31. The third-order valence-electron chi connectivity index (χ3n) is 3.01. The Labute approximate surface area is 127 Å².